The van der Waals surface area contributed by atoms with Gasteiger partial charge in [0.05, 0.1) is 0 Å². The molecule has 0 atom stereocenters. The number of rotatable bonds is 4. The van der Waals surface area contributed by atoms with E-state index in [4.69, 9.17) is 4.43 Å². The summed E-state index contributed by atoms with van der Waals surface area (Å²) in [6.07, 6.45) is 0.176. The molecule has 0 saturated carbocycles. The average Bonchev–Trinajstić information content (AvgIpc) is 2.40. The molecule has 0 heterocycles. The third kappa shape index (κ3) is 4.70. The number of hydrogen-bond acceptors (Lipinski definition) is 1. The predicted octanol–water partition coefficient (Wildman–Crippen LogP) is -0.832. The Morgan fingerprint density at radius 1 is 0.850 bits per heavy atom. The van der Waals surface area contributed by atoms with Crippen LogP contribution in [0.4, 0.5) is 0 Å². The molecule has 0 fully saturated rings. The van der Waals surface area contributed by atoms with E-state index in [1.54, 1.807) is 0 Å². The minimum absolute atomic E-state index is 0. The van der Waals surface area contributed by atoms with Crippen molar-refractivity contribution in [3.05, 3.63) is 67.2 Å². The van der Waals surface area contributed by atoms with E-state index in [0.717, 1.165) is 0 Å². The normalized spacial score (nSPS) is 10.6. The van der Waals surface area contributed by atoms with E-state index < -0.39 is 8.32 Å². The molecule has 0 bridgehead atoms. The van der Waals surface area contributed by atoms with Gasteiger partial charge in [-0.15, -0.1) is 0 Å². The first kappa shape index (κ1) is 19.9. The minimum Gasteiger partial charge on any atom is -1.00 e. The fourth-order valence-corrected chi connectivity index (χ4v) is 4.99. The van der Waals surface area contributed by atoms with Crippen molar-refractivity contribution in [2.45, 2.75) is 20.0 Å². The molecule has 0 unspecified atom stereocenters. The molecule has 0 aliphatic heterocycles. The third-order valence-electron chi connectivity index (χ3n) is 2.92. The van der Waals surface area contributed by atoms with Gasteiger partial charge in [-0.3, -0.25) is 0 Å². The quantitative estimate of drug-likeness (QED) is 0.511. The van der Waals surface area contributed by atoms with E-state index in [0.29, 0.717) is 0 Å². The Morgan fingerprint density at radius 3 is 1.50 bits per heavy atom. The van der Waals surface area contributed by atoms with E-state index in [2.05, 4.69) is 68.9 Å². The summed E-state index contributed by atoms with van der Waals surface area (Å²) in [6.45, 7) is 8.60. The molecule has 2 aromatic carbocycles. The molecule has 102 valence electrons. The number of halogens is 1. The van der Waals surface area contributed by atoms with Gasteiger partial charge in [-0.25, -0.2) is 0 Å². The molecule has 0 radical (unpaired) electrons. The maximum Gasteiger partial charge on any atom is 2.00 e. The van der Waals surface area contributed by atoms with Crippen molar-refractivity contribution in [2.24, 2.45) is 0 Å². The Morgan fingerprint density at radius 2 is 1.20 bits per heavy atom. The van der Waals surface area contributed by atoms with Gasteiger partial charge in [-0.2, -0.15) is 0 Å². The summed E-state index contributed by atoms with van der Waals surface area (Å²) in [5, 5.41) is 2.43. The van der Waals surface area contributed by atoms with Gasteiger partial charge in [0.15, 0.2) is 0 Å². The van der Waals surface area contributed by atoms with Crippen LogP contribution in [0.3, 0.4) is 0 Å². The molecule has 0 amide bonds. The molecule has 0 aromatic heterocycles. The van der Waals surface area contributed by atoms with Gasteiger partial charge in [0.25, 0.3) is 0 Å². The van der Waals surface area contributed by atoms with Crippen LogP contribution >= 0.6 is 0 Å². The first-order chi connectivity index (χ1) is 8.63. The summed E-state index contributed by atoms with van der Waals surface area (Å²) in [6, 6.07) is 20.7. The summed E-state index contributed by atoms with van der Waals surface area (Å²) >= 11 is 0. The van der Waals surface area contributed by atoms with Gasteiger partial charge < -0.3 is 28.0 Å². The van der Waals surface area contributed by atoms with Crippen molar-refractivity contribution >= 4 is 41.7 Å². The largest absolute Gasteiger partial charge is 2.00 e. The van der Waals surface area contributed by atoms with E-state index >= 15 is 0 Å². The van der Waals surface area contributed by atoms with Crippen molar-refractivity contribution in [1.82, 2.24) is 0 Å². The van der Waals surface area contributed by atoms with Gasteiger partial charge in [-0.1, -0.05) is 71.0 Å². The maximum absolute atomic E-state index is 6.24. The van der Waals surface area contributed by atoms with E-state index in [9.17, 15) is 0 Å². The zero-order valence-corrected chi connectivity index (χ0v) is 16.1. The summed E-state index contributed by atoms with van der Waals surface area (Å²) in [7, 11) is -2.31. The molecule has 0 aliphatic carbocycles. The van der Waals surface area contributed by atoms with Crippen molar-refractivity contribution in [3.8, 4) is 0 Å². The summed E-state index contributed by atoms with van der Waals surface area (Å²) in [4.78, 5) is 0. The topological polar surface area (TPSA) is 9.23 Å². The van der Waals surface area contributed by atoms with Gasteiger partial charge >= 0.3 is 23.1 Å². The van der Waals surface area contributed by atoms with E-state index in [-0.39, 0.29) is 46.1 Å². The Kier molecular flexibility index (Phi) is 8.94. The molecule has 0 spiro atoms. The van der Waals surface area contributed by atoms with E-state index in [1.807, 2.05) is 12.1 Å². The maximum atomic E-state index is 6.24. The van der Waals surface area contributed by atoms with Crippen LogP contribution in [0.2, 0.25) is 0 Å². The standard InChI is InChI=1S/C16H19OSi.BrH.Mg/c1-14(2)17-18(3,15-10-6-4-7-11-15)16-12-8-5-9-13-16;;/h4-14H,3H2,1-2H3;1H;/q-1;;+2/p-1. The fraction of sp³-hybridized carbons (Fsp3) is 0.188. The van der Waals surface area contributed by atoms with Crippen LogP contribution in [0, 0.1) is 6.55 Å². The predicted molar refractivity (Wildman–Crippen MR) is 85.2 cm³/mol. The average molecular weight is 360 g/mol. The molecule has 2 rings (SSSR count). The second-order valence-electron chi connectivity index (χ2n) is 4.73. The Hall–Kier alpha value is -0.137. The first-order valence-electron chi connectivity index (χ1n) is 6.27. The van der Waals surface area contributed by atoms with Crippen molar-refractivity contribution < 1.29 is 21.4 Å². The van der Waals surface area contributed by atoms with Crippen LogP contribution in [-0.2, 0) is 4.43 Å². The zero-order valence-electron chi connectivity index (χ0n) is 12.1. The number of hydrogen-bond donors (Lipinski definition) is 0. The van der Waals surface area contributed by atoms with Crippen molar-refractivity contribution in [2.75, 3.05) is 0 Å². The van der Waals surface area contributed by atoms with Gasteiger partial charge in [0.2, 0.25) is 0 Å². The molecular weight excluding hydrogens is 340 g/mol. The molecule has 0 saturated heterocycles. The molecule has 0 N–H and O–H groups in total. The van der Waals surface area contributed by atoms with E-state index in [1.165, 1.54) is 10.4 Å². The Balaban J connectivity index is 0.00000180. The fourth-order valence-electron chi connectivity index (χ4n) is 2.12. The Labute approximate surface area is 149 Å². The van der Waals surface area contributed by atoms with Crippen LogP contribution < -0.4 is 27.4 Å². The summed E-state index contributed by atoms with van der Waals surface area (Å²) < 4.78 is 6.24. The van der Waals surface area contributed by atoms with Crippen LogP contribution in [0.1, 0.15) is 13.8 Å². The molecule has 2 aromatic rings. The minimum atomic E-state index is -2.31. The van der Waals surface area contributed by atoms with Crippen molar-refractivity contribution in [3.63, 3.8) is 0 Å². The smallest absolute Gasteiger partial charge is 1.00 e. The molecule has 4 heteroatoms. The first-order valence-corrected chi connectivity index (χ1v) is 8.38. The van der Waals surface area contributed by atoms with Gasteiger partial charge in [-0.05, 0) is 13.8 Å². The summed E-state index contributed by atoms with van der Waals surface area (Å²) in [5.74, 6) is 0. The molecular formula is C16H19BrMgOSi. The SMILES string of the molecule is [Br-].[CH2-][Si](OC(C)C)(c1ccccc1)c1ccccc1.[Mg+2]. The van der Waals surface area contributed by atoms with Crippen LogP contribution in [0.25, 0.3) is 0 Å². The van der Waals surface area contributed by atoms with Crippen LogP contribution in [-0.4, -0.2) is 37.5 Å². The monoisotopic (exact) mass is 358 g/mol. The number of benzene rings is 2. The van der Waals surface area contributed by atoms with Crippen LogP contribution in [0.15, 0.2) is 60.7 Å². The van der Waals surface area contributed by atoms with Crippen molar-refractivity contribution in [1.29, 1.82) is 0 Å². The van der Waals surface area contributed by atoms with Gasteiger partial charge in [0, 0.05) is 6.10 Å². The molecule has 1 nitrogen and oxygen atoms in total. The zero-order chi connectivity index (χ0) is 13.0. The Bertz CT molecular complexity index is 451. The molecule has 20 heavy (non-hydrogen) atoms. The second-order valence-corrected chi connectivity index (χ2v) is 7.77. The van der Waals surface area contributed by atoms with Crippen LogP contribution in [0.5, 0.6) is 0 Å². The third-order valence-corrected chi connectivity index (χ3v) is 6.32. The molecule has 0 aliphatic rings. The summed E-state index contributed by atoms with van der Waals surface area (Å²) in [5.41, 5.74) is 0. The second kappa shape index (κ2) is 9.00. The van der Waals surface area contributed by atoms with Gasteiger partial charge in [0.1, 0.15) is 8.32 Å².